The van der Waals surface area contributed by atoms with Crippen LogP contribution in [0.4, 0.5) is 4.79 Å². The number of carbonyl (C=O) groups excluding carboxylic acids is 2. The fraction of sp³-hybridized carbons (Fsp3) is 0.903. The Kier molecular flexibility index (Phi) is 27.7. The van der Waals surface area contributed by atoms with Gasteiger partial charge in [0.25, 0.3) is 0 Å². The highest BCUT2D eigenvalue weighted by Crippen LogP contribution is 2.14. The number of carboxylic acid groups (broad SMARTS) is 1. The molecule has 0 aromatic rings. The molecule has 0 atom stereocenters. The molecular formula is C31H58O6. The van der Waals surface area contributed by atoms with Crippen molar-refractivity contribution in [3.05, 3.63) is 0 Å². The largest absolute Gasteiger partial charge is 0.508 e. The lowest BCUT2D eigenvalue weighted by Gasteiger charge is -2.07. The zero-order valence-corrected chi connectivity index (χ0v) is 24.1. The number of carboxylic acids is 1. The maximum atomic E-state index is 11.6. The second-order valence-corrected chi connectivity index (χ2v) is 10.6. The number of ether oxygens (including phenoxy) is 2. The predicted octanol–water partition coefficient (Wildman–Crippen LogP) is 9.57. The average Bonchev–Trinajstić information content (AvgIpc) is 2.88. The molecule has 0 aromatic heterocycles. The van der Waals surface area contributed by atoms with Gasteiger partial charge in [-0.2, -0.15) is 0 Å². The Hall–Kier alpha value is -1.59. The van der Waals surface area contributed by atoms with Crippen LogP contribution in [0.3, 0.4) is 0 Å². The lowest BCUT2D eigenvalue weighted by atomic mass is 10.0. The summed E-state index contributed by atoms with van der Waals surface area (Å²) in [5.41, 5.74) is 0. The Bertz CT molecular complexity index is 534. The summed E-state index contributed by atoms with van der Waals surface area (Å²) in [6, 6.07) is 0. The minimum atomic E-state index is -1.32. The van der Waals surface area contributed by atoms with E-state index in [0.29, 0.717) is 19.6 Å². The molecule has 0 bridgehead atoms. The van der Waals surface area contributed by atoms with E-state index in [4.69, 9.17) is 14.6 Å². The van der Waals surface area contributed by atoms with E-state index in [1.165, 1.54) is 96.3 Å². The van der Waals surface area contributed by atoms with Crippen LogP contribution in [0.2, 0.25) is 0 Å². The quantitative estimate of drug-likeness (QED) is 0.0593. The third-order valence-electron chi connectivity index (χ3n) is 6.97. The van der Waals surface area contributed by atoms with E-state index >= 15 is 0 Å². The van der Waals surface area contributed by atoms with Gasteiger partial charge in [-0.15, -0.1) is 0 Å². The molecule has 37 heavy (non-hydrogen) atoms. The zero-order chi connectivity index (χ0) is 27.2. The van der Waals surface area contributed by atoms with E-state index in [1.807, 2.05) is 0 Å². The number of carbonyl (C=O) groups is 3. The minimum Gasteiger partial charge on any atom is -0.476 e. The molecular weight excluding hydrogens is 468 g/mol. The molecule has 1 N–H and O–H groups in total. The summed E-state index contributed by atoms with van der Waals surface area (Å²) >= 11 is 0. The molecule has 0 aliphatic rings. The molecule has 0 amide bonds. The Morgan fingerprint density at radius 1 is 0.459 bits per heavy atom. The summed E-state index contributed by atoms with van der Waals surface area (Å²) < 4.78 is 10.3. The van der Waals surface area contributed by atoms with E-state index in [2.05, 4.69) is 6.92 Å². The molecule has 6 nitrogen and oxygen atoms in total. The van der Waals surface area contributed by atoms with Gasteiger partial charge in [-0.3, -0.25) is 4.79 Å². The molecule has 0 fully saturated rings. The van der Waals surface area contributed by atoms with Gasteiger partial charge in [0.2, 0.25) is 5.78 Å². The van der Waals surface area contributed by atoms with E-state index < -0.39 is 17.9 Å². The first-order chi connectivity index (χ1) is 18.1. The van der Waals surface area contributed by atoms with Crippen molar-refractivity contribution < 1.29 is 29.0 Å². The first-order valence-corrected chi connectivity index (χ1v) is 15.6. The van der Waals surface area contributed by atoms with Crippen molar-refractivity contribution in [3.8, 4) is 0 Å². The van der Waals surface area contributed by atoms with Crippen LogP contribution < -0.4 is 0 Å². The van der Waals surface area contributed by atoms with Crippen LogP contribution in [0.15, 0.2) is 0 Å². The summed E-state index contributed by atoms with van der Waals surface area (Å²) in [5.74, 6) is -2.00. The van der Waals surface area contributed by atoms with E-state index in [9.17, 15) is 14.4 Å². The lowest BCUT2D eigenvalue weighted by Crippen LogP contribution is -2.11. The normalized spacial score (nSPS) is 10.9. The molecule has 218 valence electrons. The number of ketones is 1. The van der Waals surface area contributed by atoms with Crippen molar-refractivity contribution >= 4 is 17.9 Å². The molecule has 0 heterocycles. The maximum Gasteiger partial charge on any atom is 0.508 e. The van der Waals surface area contributed by atoms with Crippen LogP contribution in [-0.2, 0) is 19.1 Å². The molecule has 0 unspecified atom stereocenters. The standard InChI is InChI=1S/C31H58O6/c1-2-3-4-5-6-7-8-9-10-12-15-18-21-24-27-36-31(35)37-28-25-22-19-16-13-11-14-17-20-23-26-29(32)30(33)34/h2-28H2,1H3,(H,33,34). The summed E-state index contributed by atoms with van der Waals surface area (Å²) in [7, 11) is 0. The van der Waals surface area contributed by atoms with Gasteiger partial charge in [-0.25, -0.2) is 9.59 Å². The van der Waals surface area contributed by atoms with Gasteiger partial charge in [0.1, 0.15) is 0 Å². The van der Waals surface area contributed by atoms with Crippen LogP contribution in [0.1, 0.15) is 167 Å². The molecule has 0 saturated heterocycles. The van der Waals surface area contributed by atoms with Crippen molar-refractivity contribution in [2.24, 2.45) is 0 Å². The summed E-state index contributed by atoms with van der Waals surface area (Å²) in [5, 5.41) is 8.52. The van der Waals surface area contributed by atoms with Crippen LogP contribution in [-0.4, -0.2) is 36.2 Å². The van der Waals surface area contributed by atoms with Crippen molar-refractivity contribution in [2.45, 2.75) is 167 Å². The number of Topliss-reactive ketones (excluding diaryl/α,β-unsaturated/α-hetero) is 1. The molecule has 0 saturated carbocycles. The van der Waals surface area contributed by atoms with E-state index in [1.54, 1.807) is 0 Å². The van der Waals surface area contributed by atoms with Crippen molar-refractivity contribution in [3.63, 3.8) is 0 Å². The SMILES string of the molecule is CCCCCCCCCCCCCCCCOC(=O)OCCCCCCCCCCCCC(=O)C(=O)O. The minimum absolute atomic E-state index is 0.157. The number of hydrogen-bond acceptors (Lipinski definition) is 5. The van der Waals surface area contributed by atoms with E-state index in [-0.39, 0.29) is 6.42 Å². The molecule has 0 aliphatic heterocycles. The fourth-order valence-corrected chi connectivity index (χ4v) is 4.56. The fourth-order valence-electron chi connectivity index (χ4n) is 4.56. The monoisotopic (exact) mass is 526 g/mol. The molecule has 0 radical (unpaired) electrons. The maximum absolute atomic E-state index is 11.6. The second-order valence-electron chi connectivity index (χ2n) is 10.6. The van der Waals surface area contributed by atoms with Crippen LogP contribution in [0, 0.1) is 0 Å². The zero-order valence-electron chi connectivity index (χ0n) is 24.1. The average molecular weight is 527 g/mol. The van der Waals surface area contributed by atoms with Gasteiger partial charge in [0, 0.05) is 6.42 Å². The van der Waals surface area contributed by atoms with Crippen molar-refractivity contribution in [1.29, 1.82) is 0 Å². The molecule has 6 heteroatoms. The van der Waals surface area contributed by atoms with Gasteiger partial charge in [-0.05, 0) is 19.3 Å². The van der Waals surface area contributed by atoms with Gasteiger partial charge in [0.05, 0.1) is 13.2 Å². The molecule has 0 aromatic carbocycles. The van der Waals surface area contributed by atoms with Crippen LogP contribution in [0.25, 0.3) is 0 Å². The first-order valence-electron chi connectivity index (χ1n) is 15.6. The summed E-state index contributed by atoms with van der Waals surface area (Å²) in [6.45, 7) is 3.17. The highest BCUT2D eigenvalue weighted by atomic mass is 16.7. The Morgan fingerprint density at radius 3 is 1.08 bits per heavy atom. The molecule has 0 spiro atoms. The van der Waals surface area contributed by atoms with Gasteiger partial charge in [0.15, 0.2) is 0 Å². The predicted molar refractivity (Wildman–Crippen MR) is 151 cm³/mol. The lowest BCUT2D eigenvalue weighted by molar-refractivity contribution is -0.149. The number of rotatable bonds is 29. The number of aliphatic carboxylic acids is 1. The Morgan fingerprint density at radius 2 is 0.757 bits per heavy atom. The van der Waals surface area contributed by atoms with E-state index in [0.717, 1.165) is 51.4 Å². The topological polar surface area (TPSA) is 89.9 Å². The first kappa shape index (κ1) is 35.4. The highest BCUT2D eigenvalue weighted by molar-refractivity contribution is 6.32. The third kappa shape index (κ3) is 28.8. The van der Waals surface area contributed by atoms with Gasteiger partial charge >= 0.3 is 12.1 Å². The second kappa shape index (κ2) is 29.0. The molecule has 0 rings (SSSR count). The number of hydrogen-bond donors (Lipinski definition) is 1. The van der Waals surface area contributed by atoms with Crippen molar-refractivity contribution in [1.82, 2.24) is 0 Å². The van der Waals surface area contributed by atoms with Crippen LogP contribution in [0.5, 0.6) is 0 Å². The third-order valence-corrected chi connectivity index (χ3v) is 6.97. The van der Waals surface area contributed by atoms with Crippen molar-refractivity contribution in [2.75, 3.05) is 13.2 Å². The summed E-state index contributed by atoms with van der Waals surface area (Å²) in [4.78, 5) is 33.0. The van der Waals surface area contributed by atoms with Crippen LogP contribution >= 0.6 is 0 Å². The Balaban J connectivity index is 3.19. The molecule has 0 aliphatic carbocycles. The smallest absolute Gasteiger partial charge is 0.476 e. The van der Waals surface area contributed by atoms with Gasteiger partial charge < -0.3 is 14.6 Å². The number of unbranched alkanes of at least 4 members (excludes halogenated alkanes) is 22. The van der Waals surface area contributed by atoms with Gasteiger partial charge in [-0.1, -0.05) is 142 Å². The summed E-state index contributed by atoms with van der Waals surface area (Å²) in [6.07, 6.45) is 28.4. The highest BCUT2D eigenvalue weighted by Gasteiger charge is 2.09. The Labute approximate surface area is 227 Å².